The lowest BCUT2D eigenvalue weighted by atomic mass is 9.87. The van der Waals surface area contributed by atoms with Crippen molar-refractivity contribution in [3.05, 3.63) is 71.3 Å². The van der Waals surface area contributed by atoms with Crippen LogP contribution >= 0.6 is 0 Å². The fourth-order valence-electron chi connectivity index (χ4n) is 3.36. The zero-order valence-electron chi connectivity index (χ0n) is 14.3. The Kier molecular flexibility index (Phi) is 4.59. The second-order valence-electron chi connectivity index (χ2n) is 6.38. The van der Waals surface area contributed by atoms with Crippen LogP contribution in [0.3, 0.4) is 0 Å². The van der Waals surface area contributed by atoms with Crippen molar-refractivity contribution in [2.75, 3.05) is 13.7 Å². The quantitative estimate of drug-likeness (QED) is 0.930. The Morgan fingerprint density at radius 1 is 1.12 bits per heavy atom. The number of rotatable bonds is 4. The summed E-state index contributed by atoms with van der Waals surface area (Å²) >= 11 is 0. The Balaban J connectivity index is 1.96. The molecule has 0 radical (unpaired) electrons. The van der Waals surface area contributed by atoms with Crippen molar-refractivity contribution in [1.82, 2.24) is 4.90 Å². The molecule has 2 aromatic rings. The molecule has 1 heterocycles. The third kappa shape index (κ3) is 3.03. The number of benzene rings is 2. The molecule has 0 spiro atoms. The van der Waals surface area contributed by atoms with Crippen LogP contribution in [0.5, 0.6) is 0 Å². The molecule has 1 aliphatic rings. The molecule has 0 saturated heterocycles. The fraction of sp³-hybridized carbons (Fsp3) is 0.300. The number of carboxylic acid groups (broad SMARTS) is 1. The smallest absolute Gasteiger partial charge is 0.312 e. The monoisotopic (exact) mass is 339 g/mol. The number of hydrogen-bond acceptors (Lipinski definition) is 3. The molecule has 0 aromatic heterocycles. The van der Waals surface area contributed by atoms with E-state index in [1.807, 2.05) is 54.6 Å². The number of hydrogen-bond donors (Lipinski definition) is 1. The van der Waals surface area contributed by atoms with Gasteiger partial charge in [-0.05, 0) is 23.6 Å². The molecule has 0 bridgehead atoms. The topological polar surface area (TPSA) is 66.8 Å². The summed E-state index contributed by atoms with van der Waals surface area (Å²) < 4.78 is 5.58. The average Bonchev–Trinajstić information content (AvgIpc) is 2.66. The Bertz CT molecular complexity index is 789. The van der Waals surface area contributed by atoms with Crippen LogP contribution in [0.4, 0.5) is 0 Å². The normalized spacial score (nSPS) is 19.0. The third-order valence-corrected chi connectivity index (χ3v) is 4.92. The lowest BCUT2D eigenvalue weighted by Crippen LogP contribution is -2.49. The number of carboxylic acids is 1. The summed E-state index contributed by atoms with van der Waals surface area (Å²) in [6.07, 6.45) is 0. The van der Waals surface area contributed by atoms with Crippen molar-refractivity contribution in [1.29, 1.82) is 0 Å². The molecule has 1 amide bonds. The van der Waals surface area contributed by atoms with Crippen molar-refractivity contribution in [3.8, 4) is 0 Å². The van der Waals surface area contributed by atoms with Gasteiger partial charge in [0.05, 0.1) is 5.92 Å². The van der Waals surface area contributed by atoms with Gasteiger partial charge in [-0.1, -0.05) is 54.6 Å². The van der Waals surface area contributed by atoms with Gasteiger partial charge in [0.1, 0.15) is 0 Å². The Morgan fingerprint density at radius 3 is 2.40 bits per heavy atom. The van der Waals surface area contributed by atoms with E-state index >= 15 is 0 Å². The number of carbonyl (C=O) groups excluding carboxylic acids is 1. The molecule has 2 atom stereocenters. The molecule has 25 heavy (non-hydrogen) atoms. The van der Waals surface area contributed by atoms with Crippen LogP contribution in [0.25, 0.3) is 0 Å². The van der Waals surface area contributed by atoms with Crippen LogP contribution in [0.1, 0.15) is 29.5 Å². The van der Waals surface area contributed by atoms with Crippen molar-refractivity contribution >= 4 is 11.9 Å². The molecule has 3 rings (SSSR count). The SMILES string of the molecule is COC(C)(C(=O)N1Cc2ccccc2C(C(=O)O)C1)c1ccccc1. The molecule has 130 valence electrons. The van der Waals surface area contributed by atoms with E-state index in [2.05, 4.69) is 0 Å². The number of amides is 1. The maximum atomic E-state index is 13.2. The predicted octanol–water partition coefficient (Wildman–Crippen LogP) is 2.76. The van der Waals surface area contributed by atoms with Crippen LogP contribution in [-0.4, -0.2) is 35.5 Å². The first-order valence-corrected chi connectivity index (χ1v) is 8.18. The summed E-state index contributed by atoms with van der Waals surface area (Å²) in [6.45, 7) is 2.24. The highest BCUT2D eigenvalue weighted by Gasteiger charge is 2.42. The van der Waals surface area contributed by atoms with E-state index in [1.54, 1.807) is 11.8 Å². The number of fused-ring (bicyclic) bond motifs is 1. The minimum atomic E-state index is -1.16. The third-order valence-electron chi connectivity index (χ3n) is 4.92. The number of ether oxygens (including phenoxy) is 1. The summed E-state index contributed by atoms with van der Waals surface area (Å²) in [6, 6.07) is 16.6. The zero-order valence-corrected chi connectivity index (χ0v) is 14.3. The lowest BCUT2D eigenvalue weighted by Gasteiger charge is -2.38. The first kappa shape index (κ1) is 17.2. The van der Waals surface area contributed by atoms with E-state index in [-0.39, 0.29) is 12.5 Å². The number of carbonyl (C=O) groups is 2. The highest BCUT2D eigenvalue weighted by Crippen LogP contribution is 2.33. The molecule has 1 aliphatic heterocycles. The van der Waals surface area contributed by atoms with Crippen LogP contribution < -0.4 is 0 Å². The van der Waals surface area contributed by atoms with Crippen LogP contribution in [-0.2, 0) is 26.5 Å². The molecule has 0 aliphatic carbocycles. The first-order chi connectivity index (χ1) is 12.0. The molecule has 0 fully saturated rings. The molecule has 1 N–H and O–H groups in total. The largest absolute Gasteiger partial charge is 0.481 e. The molecular weight excluding hydrogens is 318 g/mol. The van der Waals surface area contributed by atoms with Gasteiger partial charge in [0, 0.05) is 20.2 Å². The minimum absolute atomic E-state index is 0.136. The Labute approximate surface area is 146 Å². The number of nitrogens with zero attached hydrogens (tertiary/aromatic N) is 1. The van der Waals surface area contributed by atoms with Gasteiger partial charge in [-0.15, -0.1) is 0 Å². The fourth-order valence-corrected chi connectivity index (χ4v) is 3.36. The maximum absolute atomic E-state index is 13.2. The summed E-state index contributed by atoms with van der Waals surface area (Å²) in [5.74, 6) is -1.89. The van der Waals surface area contributed by atoms with E-state index in [0.29, 0.717) is 6.54 Å². The van der Waals surface area contributed by atoms with Gasteiger partial charge in [-0.2, -0.15) is 0 Å². The summed E-state index contributed by atoms with van der Waals surface area (Å²) in [5.41, 5.74) is 1.23. The zero-order chi connectivity index (χ0) is 18.0. The highest BCUT2D eigenvalue weighted by molar-refractivity contribution is 5.88. The highest BCUT2D eigenvalue weighted by atomic mass is 16.5. The van der Waals surface area contributed by atoms with E-state index in [0.717, 1.165) is 16.7 Å². The van der Waals surface area contributed by atoms with Gasteiger partial charge >= 0.3 is 5.97 Å². The predicted molar refractivity (Wildman–Crippen MR) is 93.0 cm³/mol. The summed E-state index contributed by atoms with van der Waals surface area (Å²) in [5, 5.41) is 9.59. The van der Waals surface area contributed by atoms with Gasteiger partial charge < -0.3 is 14.7 Å². The second kappa shape index (κ2) is 6.69. The standard InChI is InChI=1S/C20H21NO4/c1-20(25-2,15-9-4-3-5-10-15)19(24)21-12-14-8-6-7-11-16(14)17(13-21)18(22)23/h3-11,17H,12-13H2,1-2H3,(H,22,23). The van der Waals surface area contributed by atoms with Crippen LogP contribution in [0.15, 0.2) is 54.6 Å². The molecule has 0 saturated carbocycles. The van der Waals surface area contributed by atoms with Gasteiger partial charge in [0.25, 0.3) is 5.91 Å². The van der Waals surface area contributed by atoms with E-state index in [4.69, 9.17) is 4.74 Å². The number of methoxy groups -OCH3 is 1. The van der Waals surface area contributed by atoms with E-state index in [1.165, 1.54) is 7.11 Å². The first-order valence-electron chi connectivity index (χ1n) is 8.18. The Hall–Kier alpha value is -2.66. The van der Waals surface area contributed by atoms with Gasteiger partial charge in [-0.25, -0.2) is 0 Å². The van der Waals surface area contributed by atoms with Crippen molar-refractivity contribution < 1.29 is 19.4 Å². The molecule has 5 heteroatoms. The second-order valence-corrected chi connectivity index (χ2v) is 6.38. The van der Waals surface area contributed by atoms with Gasteiger partial charge in [0.15, 0.2) is 5.60 Å². The van der Waals surface area contributed by atoms with Crippen LogP contribution in [0, 0.1) is 0 Å². The van der Waals surface area contributed by atoms with Crippen LogP contribution in [0.2, 0.25) is 0 Å². The van der Waals surface area contributed by atoms with E-state index in [9.17, 15) is 14.7 Å². The maximum Gasteiger partial charge on any atom is 0.312 e. The van der Waals surface area contributed by atoms with Crippen molar-refractivity contribution in [3.63, 3.8) is 0 Å². The van der Waals surface area contributed by atoms with Crippen molar-refractivity contribution in [2.45, 2.75) is 25.0 Å². The van der Waals surface area contributed by atoms with Crippen molar-refractivity contribution in [2.24, 2.45) is 0 Å². The molecule has 2 unspecified atom stereocenters. The molecule has 2 aromatic carbocycles. The minimum Gasteiger partial charge on any atom is -0.481 e. The summed E-state index contributed by atoms with van der Waals surface area (Å²) in [4.78, 5) is 26.5. The van der Waals surface area contributed by atoms with Gasteiger partial charge in [0.2, 0.25) is 0 Å². The average molecular weight is 339 g/mol. The van der Waals surface area contributed by atoms with E-state index < -0.39 is 17.5 Å². The summed E-state index contributed by atoms with van der Waals surface area (Å²) in [7, 11) is 1.50. The Morgan fingerprint density at radius 2 is 1.76 bits per heavy atom. The van der Waals surface area contributed by atoms with Gasteiger partial charge in [-0.3, -0.25) is 9.59 Å². The lowest BCUT2D eigenvalue weighted by molar-refractivity contribution is -0.156. The molecule has 5 nitrogen and oxygen atoms in total. The number of aliphatic carboxylic acids is 1. The molecular formula is C20H21NO4.